The first-order chi connectivity index (χ1) is 10.6. The lowest BCUT2D eigenvalue weighted by molar-refractivity contribution is -0.131. The molecule has 0 amide bonds. The molecule has 0 saturated carbocycles. The summed E-state index contributed by atoms with van der Waals surface area (Å²) in [5, 5.41) is 9.33. The minimum absolute atomic E-state index is 0.361. The number of carboxylic acid groups (broad SMARTS) is 1. The number of rotatable bonds is 6. The number of carboxylic acids is 1. The number of hydrogen-bond acceptors (Lipinski definition) is 3. The Morgan fingerprint density at radius 3 is 2.55 bits per heavy atom. The molecule has 2 aromatic carbocycles. The summed E-state index contributed by atoms with van der Waals surface area (Å²) < 4.78 is 11.0. The zero-order valence-corrected chi connectivity index (χ0v) is 12.7. The lowest BCUT2D eigenvalue weighted by atomic mass is 10.2. The number of hydrogen-bond donors (Lipinski definition) is 1. The monoisotopic (exact) mass is 318 g/mol. The summed E-state index contributed by atoms with van der Waals surface area (Å²) >= 11 is 5.84. The SMILES string of the molecule is COc1ccc(C=CC(=O)O)cc1OCc1ccc(Cl)cc1. The molecule has 0 fully saturated rings. The lowest BCUT2D eigenvalue weighted by Gasteiger charge is -2.11. The molecule has 0 spiro atoms. The average Bonchev–Trinajstić information content (AvgIpc) is 2.52. The maximum Gasteiger partial charge on any atom is 0.328 e. The van der Waals surface area contributed by atoms with Crippen LogP contribution in [-0.2, 0) is 11.4 Å². The normalized spacial score (nSPS) is 10.6. The van der Waals surface area contributed by atoms with Crippen LogP contribution in [-0.4, -0.2) is 18.2 Å². The molecule has 4 nitrogen and oxygen atoms in total. The van der Waals surface area contributed by atoms with Gasteiger partial charge in [0.2, 0.25) is 0 Å². The van der Waals surface area contributed by atoms with Gasteiger partial charge in [-0.2, -0.15) is 0 Å². The van der Waals surface area contributed by atoms with Crippen molar-refractivity contribution in [2.75, 3.05) is 7.11 Å². The summed E-state index contributed by atoms with van der Waals surface area (Å²) in [5.74, 6) is 0.130. The molecular weight excluding hydrogens is 304 g/mol. The van der Waals surface area contributed by atoms with E-state index in [1.807, 2.05) is 12.1 Å². The van der Waals surface area contributed by atoms with Gasteiger partial charge in [-0.05, 0) is 41.5 Å². The fourth-order valence-electron chi connectivity index (χ4n) is 1.82. The number of ether oxygens (including phenoxy) is 2. The number of methoxy groups -OCH3 is 1. The van der Waals surface area contributed by atoms with Gasteiger partial charge in [0.05, 0.1) is 7.11 Å². The first kappa shape index (κ1) is 15.9. The third kappa shape index (κ3) is 4.53. The Morgan fingerprint density at radius 2 is 1.91 bits per heavy atom. The van der Waals surface area contributed by atoms with E-state index < -0.39 is 5.97 Å². The van der Waals surface area contributed by atoms with Crippen LogP contribution in [0.1, 0.15) is 11.1 Å². The van der Waals surface area contributed by atoms with Crippen molar-refractivity contribution in [2.24, 2.45) is 0 Å². The fourth-order valence-corrected chi connectivity index (χ4v) is 1.94. The molecule has 22 heavy (non-hydrogen) atoms. The summed E-state index contributed by atoms with van der Waals surface area (Å²) in [4.78, 5) is 10.6. The number of carbonyl (C=O) groups is 1. The Balaban J connectivity index is 2.15. The van der Waals surface area contributed by atoms with E-state index >= 15 is 0 Å². The van der Waals surface area contributed by atoms with E-state index in [2.05, 4.69) is 0 Å². The zero-order chi connectivity index (χ0) is 15.9. The second-order valence-electron chi connectivity index (χ2n) is 4.50. The van der Waals surface area contributed by atoms with Crippen LogP contribution < -0.4 is 9.47 Å². The van der Waals surface area contributed by atoms with E-state index in [0.717, 1.165) is 11.6 Å². The van der Waals surface area contributed by atoms with Gasteiger partial charge in [0, 0.05) is 11.1 Å². The topological polar surface area (TPSA) is 55.8 Å². The Hall–Kier alpha value is -2.46. The number of benzene rings is 2. The predicted octanol–water partition coefficient (Wildman–Crippen LogP) is 4.03. The largest absolute Gasteiger partial charge is 0.493 e. The molecule has 0 heterocycles. The molecule has 0 saturated heterocycles. The van der Waals surface area contributed by atoms with Crippen LogP contribution in [0, 0.1) is 0 Å². The summed E-state index contributed by atoms with van der Waals surface area (Å²) in [6, 6.07) is 12.6. The molecular formula is C17H15ClO4. The zero-order valence-electron chi connectivity index (χ0n) is 12.0. The van der Waals surface area contributed by atoms with E-state index in [0.29, 0.717) is 28.7 Å². The molecule has 0 unspecified atom stereocenters. The first-order valence-corrected chi connectivity index (χ1v) is 6.92. The molecule has 1 N–H and O–H groups in total. The van der Waals surface area contributed by atoms with Gasteiger partial charge in [-0.15, -0.1) is 0 Å². The predicted molar refractivity (Wildman–Crippen MR) is 85.4 cm³/mol. The maximum absolute atomic E-state index is 10.6. The first-order valence-electron chi connectivity index (χ1n) is 6.55. The Labute approximate surface area is 133 Å². The van der Waals surface area contributed by atoms with E-state index in [9.17, 15) is 4.79 Å². The number of halogens is 1. The van der Waals surface area contributed by atoms with E-state index in [1.54, 1.807) is 37.4 Å². The molecule has 0 aliphatic rings. The molecule has 5 heteroatoms. The van der Waals surface area contributed by atoms with E-state index in [4.69, 9.17) is 26.2 Å². The standard InChI is InChI=1S/C17H15ClO4/c1-21-15-8-4-12(5-9-17(19)20)10-16(15)22-11-13-2-6-14(18)7-3-13/h2-10H,11H2,1H3,(H,19,20). The van der Waals surface area contributed by atoms with Crippen molar-refractivity contribution < 1.29 is 19.4 Å². The van der Waals surface area contributed by atoms with Crippen LogP contribution >= 0.6 is 11.6 Å². The van der Waals surface area contributed by atoms with Crippen LogP contribution in [0.5, 0.6) is 11.5 Å². The summed E-state index contributed by atoms with van der Waals surface area (Å²) in [6.07, 6.45) is 2.57. The van der Waals surface area contributed by atoms with Crippen molar-refractivity contribution in [1.82, 2.24) is 0 Å². The van der Waals surface area contributed by atoms with Gasteiger partial charge in [-0.3, -0.25) is 0 Å². The van der Waals surface area contributed by atoms with Gasteiger partial charge in [0.15, 0.2) is 11.5 Å². The molecule has 0 radical (unpaired) electrons. The smallest absolute Gasteiger partial charge is 0.328 e. The molecule has 0 aliphatic heterocycles. The Morgan fingerprint density at radius 1 is 1.18 bits per heavy atom. The van der Waals surface area contributed by atoms with Crippen LogP contribution in [0.15, 0.2) is 48.5 Å². The highest BCUT2D eigenvalue weighted by Gasteiger charge is 2.06. The molecule has 114 valence electrons. The van der Waals surface area contributed by atoms with Gasteiger partial charge in [-0.25, -0.2) is 4.79 Å². The Kier molecular flexibility index (Phi) is 5.44. The van der Waals surface area contributed by atoms with Gasteiger partial charge in [0.1, 0.15) is 6.61 Å². The molecule has 0 bridgehead atoms. The fraction of sp³-hybridized carbons (Fsp3) is 0.118. The summed E-state index contributed by atoms with van der Waals surface area (Å²) in [6.45, 7) is 0.361. The quantitative estimate of drug-likeness (QED) is 0.817. The van der Waals surface area contributed by atoms with Crippen molar-refractivity contribution in [2.45, 2.75) is 6.61 Å². The Bertz CT molecular complexity index is 678. The highest BCUT2D eigenvalue weighted by molar-refractivity contribution is 6.30. The van der Waals surface area contributed by atoms with Gasteiger partial charge < -0.3 is 14.6 Å². The van der Waals surface area contributed by atoms with Gasteiger partial charge >= 0.3 is 5.97 Å². The van der Waals surface area contributed by atoms with Crippen molar-refractivity contribution in [3.05, 3.63) is 64.7 Å². The molecule has 2 aromatic rings. The van der Waals surface area contributed by atoms with Crippen LogP contribution in [0.2, 0.25) is 5.02 Å². The maximum atomic E-state index is 10.6. The summed E-state index contributed by atoms with van der Waals surface area (Å²) in [5.41, 5.74) is 1.69. The summed E-state index contributed by atoms with van der Waals surface area (Å²) in [7, 11) is 1.55. The van der Waals surface area contributed by atoms with Gasteiger partial charge in [0.25, 0.3) is 0 Å². The highest BCUT2D eigenvalue weighted by atomic mass is 35.5. The van der Waals surface area contributed by atoms with E-state index in [1.165, 1.54) is 6.08 Å². The van der Waals surface area contributed by atoms with Crippen LogP contribution in [0.4, 0.5) is 0 Å². The molecule has 0 atom stereocenters. The van der Waals surface area contributed by atoms with Crippen molar-refractivity contribution in [3.8, 4) is 11.5 Å². The van der Waals surface area contributed by atoms with Crippen molar-refractivity contribution in [1.29, 1.82) is 0 Å². The molecule has 0 aromatic heterocycles. The van der Waals surface area contributed by atoms with Gasteiger partial charge in [-0.1, -0.05) is 29.8 Å². The third-order valence-electron chi connectivity index (χ3n) is 2.91. The molecule has 0 aliphatic carbocycles. The van der Waals surface area contributed by atoms with Crippen LogP contribution in [0.3, 0.4) is 0 Å². The third-order valence-corrected chi connectivity index (χ3v) is 3.17. The second kappa shape index (κ2) is 7.52. The molecule has 2 rings (SSSR count). The average molecular weight is 319 g/mol. The van der Waals surface area contributed by atoms with Crippen molar-refractivity contribution in [3.63, 3.8) is 0 Å². The second-order valence-corrected chi connectivity index (χ2v) is 4.93. The van der Waals surface area contributed by atoms with Crippen molar-refractivity contribution >= 4 is 23.6 Å². The lowest BCUT2D eigenvalue weighted by Crippen LogP contribution is -1.98. The number of aliphatic carboxylic acids is 1. The van der Waals surface area contributed by atoms with Crippen LogP contribution in [0.25, 0.3) is 6.08 Å². The van der Waals surface area contributed by atoms with E-state index in [-0.39, 0.29) is 0 Å². The highest BCUT2D eigenvalue weighted by Crippen LogP contribution is 2.29. The minimum Gasteiger partial charge on any atom is -0.493 e. The minimum atomic E-state index is -1.00.